The van der Waals surface area contributed by atoms with Crippen LogP contribution in [0.3, 0.4) is 0 Å². The van der Waals surface area contributed by atoms with Crippen LogP contribution >= 0.6 is 0 Å². The predicted octanol–water partition coefficient (Wildman–Crippen LogP) is 1.31. The standard InChI is InChI=1S/C12H26N2O2/c1-5-11(6-2)14-12(15)9-13-8-10(4)16-7-3/h10-11,13H,5-9H2,1-4H3,(H,14,15). The van der Waals surface area contributed by atoms with E-state index >= 15 is 0 Å². The largest absolute Gasteiger partial charge is 0.377 e. The highest BCUT2D eigenvalue weighted by atomic mass is 16.5. The van der Waals surface area contributed by atoms with E-state index in [2.05, 4.69) is 24.5 Å². The van der Waals surface area contributed by atoms with Gasteiger partial charge in [-0.1, -0.05) is 13.8 Å². The Balaban J connectivity index is 3.57. The fourth-order valence-corrected chi connectivity index (χ4v) is 1.50. The molecule has 0 aromatic rings. The first-order valence-corrected chi connectivity index (χ1v) is 6.25. The molecular weight excluding hydrogens is 204 g/mol. The molecule has 0 aliphatic rings. The van der Waals surface area contributed by atoms with Gasteiger partial charge in [-0.05, 0) is 26.7 Å². The third kappa shape index (κ3) is 7.65. The van der Waals surface area contributed by atoms with Gasteiger partial charge in [0, 0.05) is 19.2 Å². The zero-order chi connectivity index (χ0) is 12.4. The molecule has 0 spiro atoms. The monoisotopic (exact) mass is 230 g/mol. The SMILES string of the molecule is CCOC(C)CNCC(=O)NC(CC)CC. The number of nitrogens with one attached hydrogen (secondary N) is 2. The maximum absolute atomic E-state index is 11.5. The van der Waals surface area contributed by atoms with Crippen molar-refractivity contribution >= 4 is 5.91 Å². The summed E-state index contributed by atoms with van der Waals surface area (Å²) < 4.78 is 5.35. The van der Waals surface area contributed by atoms with Crippen LogP contribution in [0, 0.1) is 0 Å². The predicted molar refractivity (Wildman–Crippen MR) is 66.5 cm³/mol. The molecule has 0 aromatic carbocycles. The van der Waals surface area contributed by atoms with E-state index < -0.39 is 0 Å². The van der Waals surface area contributed by atoms with Gasteiger partial charge in [0.2, 0.25) is 5.91 Å². The van der Waals surface area contributed by atoms with E-state index in [9.17, 15) is 4.79 Å². The highest BCUT2D eigenvalue weighted by Gasteiger charge is 2.08. The molecule has 0 aromatic heterocycles. The fraction of sp³-hybridized carbons (Fsp3) is 0.917. The molecule has 4 nitrogen and oxygen atoms in total. The van der Waals surface area contributed by atoms with Crippen molar-refractivity contribution in [3.8, 4) is 0 Å². The minimum atomic E-state index is 0.0670. The lowest BCUT2D eigenvalue weighted by Gasteiger charge is -2.16. The van der Waals surface area contributed by atoms with E-state index in [0.717, 1.165) is 12.8 Å². The van der Waals surface area contributed by atoms with Crippen LogP contribution in [-0.4, -0.2) is 37.7 Å². The average molecular weight is 230 g/mol. The van der Waals surface area contributed by atoms with Gasteiger partial charge in [-0.15, -0.1) is 0 Å². The Morgan fingerprint density at radius 3 is 2.38 bits per heavy atom. The third-order valence-corrected chi connectivity index (χ3v) is 2.52. The number of rotatable bonds is 9. The Hall–Kier alpha value is -0.610. The molecule has 1 amide bonds. The maximum atomic E-state index is 11.5. The van der Waals surface area contributed by atoms with Gasteiger partial charge in [-0.3, -0.25) is 4.79 Å². The van der Waals surface area contributed by atoms with Crippen LogP contribution in [0.15, 0.2) is 0 Å². The van der Waals surface area contributed by atoms with Crippen molar-refractivity contribution in [2.75, 3.05) is 19.7 Å². The Kier molecular flexibility index (Phi) is 9.24. The Morgan fingerprint density at radius 2 is 1.88 bits per heavy atom. The molecular formula is C12H26N2O2. The molecule has 0 saturated carbocycles. The molecule has 1 atom stereocenters. The summed E-state index contributed by atoms with van der Waals surface area (Å²) in [5, 5.41) is 6.07. The quantitative estimate of drug-likeness (QED) is 0.628. The summed E-state index contributed by atoms with van der Waals surface area (Å²) in [5.41, 5.74) is 0. The van der Waals surface area contributed by atoms with Gasteiger partial charge in [0.05, 0.1) is 12.6 Å². The van der Waals surface area contributed by atoms with Gasteiger partial charge in [0.15, 0.2) is 0 Å². The van der Waals surface area contributed by atoms with Gasteiger partial charge < -0.3 is 15.4 Å². The van der Waals surface area contributed by atoms with Crippen LogP contribution in [0.25, 0.3) is 0 Å². The second-order valence-corrected chi connectivity index (χ2v) is 3.98. The Labute approximate surface area is 99.1 Å². The number of hydrogen-bond donors (Lipinski definition) is 2. The summed E-state index contributed by atoms with van der Waals surface area (Å²) >= 11 is 0. The zero-order valence-electron chi connectivity index (χ0n) is 11.0. The maximum Gasteiger partial charge on any atom is 0.234 e. The number of hydrogen-bond acceptors (Lipinski definition) is 3. The molecule has 2 N–H and O–H groups in total. The van der Waals surface area contributed by atoms with E-state index in [1.54, 1.807) is 0 Å². The van der Waals surface area contributed by atoms with Gasteiger partial charge in [-0.2, -0.15) is 0 Å². The first-order valence-electron chi connectivity index (χ1n) is 6.25. The first kappa shape index (κ1) is 15.4. The number of carbonyl (C=O) groups is 1. The summed E-state index contributed by atoms with van der Waals surface area (Å²) in [6.45, 7) is 9.92. The van der Waals surface area contributed by atoms with E-state index in [1.807, 2.05) is 13.8 Å². The smallest absolute Gasteiger partial charge is 0.234 e. The van der Waals surface area contributed by atoms with Gasteiger partial charge in [-0.25, -0.2) is 0 Å². The lowest BCUT2D eigenvalue weighted by Crippen LogP contribution is -2.41. The van der Waals surface area contributed by atoms with E-state index in [0.29, 0.717) is 25.7 Å². The van der Waals surface area contributed by atoms with E-state index in [1.165, 1.54) is 0 Å². The zero-order valence-corrected chi connectivity index (χ0v) is 11.0. The topological polar surface area (TPSA) is 50.4 Å². The van der Waals surface area contributed by atoms with Crippen LogP contribution in [0.2, 0.25) is 0 Å². The highest BCUT2D eigenvalue weighted by Crippen LogP contribution is 1.95. The van der Waals surface area contributed by atoms with Crippen LogP contribution < -0.4 is 10.6 Å². The molecule has 1 unspecified atom stereocenters. The van der Waals surface area contributed by atoms with Crippen molar-refractivity contribution in [2.45, 2.75) is 52.7 Å². The average Bonchev–Trinajstić information content (AvgIpc) is 2.26. The summed E-state index contributed by atoms with van der Waals surface area (Å²) in [6, 6.07) is 0.304. The second kappa shape index (κ2) is 9.60. The van der Waals surface area contributed by atoms with Gasteiger partial charge in [0.25, 0.3) is 0 Å². The van der Waals surface area contributed by atoms with Crippen LogP contribution in [0.5, 0.6) is 0 Å². The molecule has 4 heteroatoms. The third-order valence-electron chi connectivity index (χ3n) is 2.52. The number of carbonyl (C=O) groups excluding carboxylic acids is 1. The van der Waals surface area contributed by atoms with Crippen molar-refractivity contribution in [3.63, 3.8) is 0 Å². The molecule has 16 heavy (non-hydrogen) atoms. The first-order chi connectivity index (χ1) is 7.63. The van der Waals surface area contributed by atoms with Crippen molar-refractivity contribution < 1.29 is 9.53 Å². The molecule has 0 saturated heterocycles. The molecule has 0 fully saturated rings. The van der Waals surface area contributed by atoms with Crippen molar-refractivity contribution in [3.05, 3.63) is 0 Å². The lowest BCUT2D eigenvalue weighted by molar-refractivity contribution is -0.121. The molecule has 0 radical (unpaired) electrons. The summed E-state index contributed by atoms with van der Waals surface area (Å²) in [5.74, 6) is 0.0670. The van der Waals surface area contributed by atoms with Gasteiger partial charge >= 0.3 is 0 Å². The molecule has 0 aliphatic heterocycles. The molecule has 96 valence electrons. The normalized spacial score (nSPS) is 12.8. The van der Waals surface area contributed by atoms with Crippen molar-refractivity contribution in [2.24, 2.45) is 0 Å². The van der Waals surface area contributed by atoms with E-state index in [-0.39, 0.29) is 12.0 Å². The minimum Gasteiger partial charge on any atom is -0.377 e. The van der Waals surface area contributed by atoms with Crippen LogP contribution in [0.4, 0.5) is 0 Å². The second-order valence-electron chi connectivity index (χ2n) is 3.98. The van der Waals surface area contributed by atoms with E-state index in [4.69, 9.17) is 4.74 Å². The number of amides is 1. The summed E-state index contributed by atoms with van der Waals surface area (Å²) in [7, 11) is 0. The van der Waals surface area contributed by atoms with Crippen LogP contribution in [-0.2, 0) is 9.53 Å². The fourth-order valence-electron chi connectivity index (χ4n) is 1.50. The van der Waals surface area contributed by atoms with Crippen LogP contribution in [0.1, 0.15) is 40.5 Å². The minimum absolute atomic E-state index is 0.0670. The Bertz CT molecular complexity index is 182. The molecule has 0 rings (SSSR count). The van der Waals surface area contributed by atoms with Crippen molar-refractivity contribution in [1.82, 2.24) is 10.6 Å². The van der Waals surface area contributed by atoms with Crippen molar-refractivity contribution in [1.29, 1.82) is 0 Å². The number of ether oxygens (including phenoxy) is 1. The summed E-state index contributed by atoms with van der Waals surface area (Å²) in [6.07, 6.45) is 2.13. The summed E-state index contributed by atoms with van der Waals surface area (Å²) in [4.78, 5) is 11.5. The lowest BCUT2D eigenvalue weighted by atomic mass is 10.2. The highest BCUT2D eigenvalue weighted by molar-refractivity contribution is 5.78. The molecule has 0 heterocycles. The Morgan fingerprint density at radius 1 is 1.25 bits per heavy atom. The molecule has 0 bridgehead atoms. The van der Waals surface area contributed by atoms with Gasteiger partial charge in [0.1, 0.15) is 0 Å². The molecule has 0 aliphatic carbocycles.